The van der Waals surface area contributed by atoms with E-state index in [-0.39, 0.29) is 5.91 Å². The van der Waals surface area contributed by atoms with Crippen molar-refractivity contribution in [3.8, 4) is 0 Å². The molecule has 1 unspecified atom stereocenters. The summed E-state index contributed by atoms with van der Waals surface area (Å²) in [6.45, 7) is 4.01. The first kappa shape index (κ1) is 14.4. The molecule has 106 valence electrons. The first-order chi connectivity index (χ1) is 9.61. The Hall–Kier alpha value is -2.02. The number of carbonyl (C=O) groups is 2. The SMILES string of the molecule is CCNC(=O)NC(=O)C(C)Sc1ncc2ccccn12. The Labute approximate surface area is 121 Å². The van der Waals surface area contributed by atoms with E-state index in [1.54, 1.807) is 20.0 Å². The minimum Gasteiger partial charge on any atom is -0.338 e. The molecular weight excluding hydrogens is 276 g/mol. The number of carbonyl (C=O) groups excluding carboxylic acids is 2. The maximum absolute atomic E-state index is 11.9. The number of rotatable bonds is 4. The van der Waals surface area contributed by atoms with Crippen LogP contribution in [-0.2, 0) is 4.79 Å². The highest BCUT2D eigenvalue weighted by molar-refractivity contribution is 8.00. The highest BCUT2D eigenvalue weighted by atomic mass is 32.2. The number of urea groups is 1. The summed E-state index contributed by atoms with van der Waals surface area (Å²) in [7, 11) is 0. The van der Waals surface area contributed by atoms with Gasteiger partial charge in [0.05, 0.1) is 17.0 Å². The number of imide groups is 1. The Bertz CT molecular complexity index is 626. The standard InChI is InChI=1S/C13H16N4O2S/c1-3-14-12(19)16-11(18)9(2)20-13-15-8-10-6-4-5-7-17(10)13/h4-9H,3H2,1-2H3,(H2,14,16,18,19). The van der Waals surface area contributed by atoms with Crippen LogP contribution in [0.5, 0.6) is 0 Å². The molecule has 0 aromatic carbocycles. The zero-order valence-corrected chi connectivity index (χ0v) is 12.1. The molecule has 0 saturated carbocycles. The molecule has 0 radical (unpaired) electrons. The fourth-order valence-corrected chi connectivity index (χ4v) is 2.51. The summed E-state index contributed by atoms with van der Waals surface area (Å²) >= 11 is 1.31. The van der Waals surface area contributed by atoms with Gasteiger partial charge in [0.15, 0.2) is 5.16 Å². The molecule has 0 aliphatic carbocycles. The zero-order chi connectivity index (χ0) is 14.5. The van der Waals surface area contributed by atoms with Gasteiger partial charge in [-0.05, 0) is 26.0 Å². The van der Waals surface area contributed by atoms with Crippen LogP contribution in [0.25, 0.3) is 5.52 Å². The molecule has 0 aliphatic rings. The van der Waals surface area contributed by atoms with E-state index in [0.29, 0.717) is 6.54 Å². The van der Waals surface area contributed by atoms with E-state index in [4.69, 9.17) is 0 Å². The minimum atomic E-state index is -0.474. The molecule has 20 heavy (non-hydrogen) atoms. The number of thioether (sulfide) groups is 1. The molecule has 2 aromatic rings. The number of nitrogens with one attached hydrogen (secondary N) is 2. The van der Waals surface area contributed by atoms with Gasteiger partial charge in [-0.25, -0.2) is 9.78 Å². The third kappa shape index (κ3) is 3.30. The third-order valence-electron chi connectivity index (χ3n) is 2.63. The highest BCUT2D eigenvalue weighted by Crippen LogP contribution is 2.22. The molecule has 2 rings (SSSR count). The summed E-state index contributed by atoms with van der Waals surface area (Å²) in [5.41, 5.74) is 0.964. The van der Waals surface area contributed by atoms with Crippen molar-refractivity contribution in [2.24, 2.45) is 0 Å². The van der Waals surface area contributed by atoms with Crippen LogP contribution in [0, 0.1) is 0 Å². The maximum atomic E-state index is 11.9. The normalized spacial score (nSPS) is 12.1. The summed E-state index contributed by atoms with van der Waals surface area (Å²) in [5.74, 6) is -0.339. The van der Waals surface area contributed by atoms with Crippen LogP contribution in [0.3, 0.4) is 0 Å². The van der Waals surface area contributed by atoms with E-state index in [2.05, 4.69) is 15.6 Å². The molecule has 6 nitrogen and oxygen atoms in total. The van der Waals surface area contributed by atoms with Crippen molar-refractivity contribution in [3.63, 3.8) is 0 Å². The summed E-state index contributed by atoms with van der Waals surface area (Å²) in [4.78, 5) is 27.4. The second kappa shape index (κ2) is 6.42. The van der Waals surface area contributed by atoms with Crippen LogP contribution in [0.2, 0.25) is 0 Å². The van der Waals surface area contributed by atoms with Crippen molar-refractivity contribution in [2.75, 3.05) is 6.54 Å². The van der Waals surface area contributed by atoms with E-state index in [0.717, 1.165) is 10.7 Å². The van der Waals surface area contributed by atoms with E-state index >= 15 is 0 Å². The van der Waals surface area contributed by atoms with Crippen LogP contribution in [0.15, 0.2) is 35.7 Å². The first-order valence-electron chi connectivity index (χ1n) is 6.29. The Balaban J connectivity index is 2.02. The molecule has 1 atom stereocenters. The van der Waals surface area contributed by atoms with Crippen LogP contribution < -0.4 is 10.6 Å². The summed E-state index contributed by atoms with van der Waals surface area (Å²) < 4.78 is 1.90. The van der Waals surface area contributed by atoms with Gasteiger partial charge in [-0.15, -0.1) is 0 Å². The Morgan fingerprint density at radius 2 is 2.25 bits per heavy atom. The van der Waals surface area contributed by atoms with Crippen molar-refractivity contribution >= 4 is 29.2 Å². The van der Waals surface area contributed by atoms with E-state index < -0.39 is 11.3 Å². The van der Waals surface area contributed by atoms with Gasteiger partial charge < -0.3 is 5.32 Å². The van der Waals surface area contributed by atoms with Crippen LogP contribution >= 0.6 is 11.8 Å². The van der Waals surface area contributed by atoms with Crippen molar-refractivity contribution in [1.82, 2.24) is 20.0 Å². The fraction of sp³-hybridized carbons (Fsp3) is 0.308. The topological polar surface area (TPSA) is 75.5 Å². The highest BCUT2D eigenvalue weighted by Gasteiger charge is 2.18. The molecule has 7 heteroatoms. The number of nitrogens with zero attached hydrogens (tertiary/aromatic N) is 2. The minimum absolute atomic E-state index is 0.339. The van der Waals surface area contributed by atoms with Gasteiger partial charge in [0, 0.05) is 12.7 Å². The van der Waals surface area contributed by atoms with E-state index in [9.17, 15) is 9.59 Å². The van der Waals surface area contributed by atoms with Gasteiger partial charge >= 0.3 is 6.03 Å². The summed E-state index contributed by atoms with van der Waals surface area (Å²) in [6, 6.07) is 5.30. The van der Waals surface area contributed by atoms with Gasteiger partial charge in [0.2, 0.25) is 5.91 Å². The molecule has 0 spiro atoms. The lowest BCUT2D eigenvalue weighted by atomic mass is 10.4. The van der Waals surface area contributed by atoms with Gasteiger partial charge in [-0.2, -0.15) is 0 Å². The molecule has 2 heterocycles. The molecular formula is C13H16N4O2S. The average Bonchev–Trinajstić information content (AvgIpc) is 2.82. The fourth-order valence-electron chi connectivity index (χ4n) is 1.64. The van der Waals surface area contributed by atoms with E-state index in [1.807, 2.05) is 28.8 Å². The van der Waals surface area contributed by atoms with Gasteiger partial charge in [0.25, 0.3) is 0 Å². The molecule has 0 aliphatic heterocycles. The molecule has 0 saturated heterocycles. The lowest BCUT2D eigenvalue weighted by molar-refractivity contribution is -0.119. The number of pyridine rings is 1. The molecule has 3 amide bonds. The summed E-state index contributed by atoms with van der Waals surface area (Å²) in [5, 5.41) is 5.12. The number of hydrogen-bond donors (Lipinski definition) is 2. The van der Waals surface area contributed by atoms with Crippen LogP contribution in [0.4, 0.5) is 4.79 Å². The van der Waals surface area contributed by atoms with Crippen molar-refractivity contribution in [1.29, 1.82) is 0 Å². The predicted octanol–water partition coefficient (Wildman–Crippen LogP) is 1.66. The van der Waals surface area contributed by atoms with Crippen molar-refractivity contribution in [3.05, 3.63) is 30.6 Å². The molecule has 2 N–H and O–H groups in total. The van der Waals surface area contributed by atoms with Crippen LogP contribution in [0.1, 0.15) is 13.8 Å². The van der Waals surface area contributed by atoms with Gasteiger partial charge in [-0.3, -0.25) is 14.5 Å². The monoisotopic (exact) mass is 292 g/mol. The number of imidazole rings is 1. The molecule has 2 aromatic heterocycles. The Morgan fingerprint density at radius 1 is 1.45 bits per heavy atom. The lowest BCUT2D eigenvalue weighted by Crippen LogP contribution is -2.42. The smallest absolute Gasteiger partial charge is 0.321 e. The number of aromatic nitrogens is 2. The van der Waals surface area contributed by atoms with Gasteiger partial charge in [-0.1, -0.05) is 17.8 Å². The number of hydrogen-bond acceptors (Lipinski definition) is 4. The number of amides is 3. The van der Waals surface area contributed by atoms with E-state index in [1.165, 1.54) is 11.8 Å². The second-order valence-corrected chi connectivity index (χ2v) is 5.45. The lowest BCUT2D eigenvalue weighted by Gasteiger charge is -2.10. The maximum Gasteiger partial charge on any atom is 0.321 e. The molecule has 0 bridgehead atoms. The third-order valence-corrected chi connectivity index (χ3v) is 3.71. The number of fused-ring (bicyclic) bond motifs is 1. The summed E-state index contributed by atoms with van der Waals surface area (Å²) in [6.07, 6.45) is 3.63. The second-order valence-electron chi connectivity index (χ2n) is 4.15. The van der Waals surface area contributed by atoms with Gasteiger partial charge in [0.1, 0.15) is 0 Å². The van der Waals surface area contributed by atoms with Crippen LogP contribution in [-0.4, -0.2) is 33.1 Å². The van der Waals surface area contributed by atoms with Crippen molar-refractivity contribution < 1.29 is 9.59 Å². The zero-order valence-electron chi connectivity index (χ0n) is 11.3. The average molecular weight is 292 g/mol. The largest absolute Gasteiger partial charge is 0.338 e. The van der Waals surface area contributed by atoms with Crippen molar-refractivity contribution in [2.45, 2.75) is 24.3 Å². The molecule has 0 fully saturated rings. The Kier molecular flexibility index (Phi) is 4.62. The Morgan fingerprint density at radius 3 is 3.00 bits per heavy atom. The first-order valence-corrected chi connectivity index (χ1v) is 7.17. The predicted molar refractivity (Wildman–Crippen MR) is 77.7 cm³/mol. The quantitative estimate of drug-likeness (QED) is 0.840.